The number of hydrogen-bond acceptors (Lipinski definition) is 7. The fourth-order valence-electron chi connectivity index (χ4n) is 3.09. The van der Waals surface area contributed by atoms with Crippen LogP contribution in [0.4, 0.5) is 11.1 Å². The van der Waals surface area contributed by atoms with Crippen molar-refractivity contribution in [1.82, 2.24) is 24.8 Å². The minimum Gasteiger partial charge on any atom is -0.335 e. The summed E-state index contributed by atoms with van der Waals surface area (Å²) >= 11 is 1.38. The number of thiazole rings is 1. The molecule has 1 N–H and O–H groups in total. The van der Waals surface area contributed by atoms with Crippen molar-refractivity contribution in [3.05, 3.63) is 71.5 Å². The van der Waals surface area contributed by atoms with Crippen LogP contribution in [0.25, 0.3) is 6.08 Å². The van der Waals surface area contributed by atoms with Gasteiger partial charge in [0.05, 0.1) is 0 Å². The Labute approximate surface area is 173 Å². The van der Waals surface area contributed by atoms with Crippen molar-refractivity contribution in [2.45, 2.75) is 0 Å². The zero-order valence-corrected chi connectivity index (χ0v) is 16.8. The fraction of sp³-hybridized carbons (Fsp3) is 0.238. The number of aromatic nitrogens is 3. The Morgan fingerprint density at radius 1 is 1.07 bits per heavy atom. The summed E-state index contributed by atoms with van der Waals surface area (Å²) < 4.78 is 0. The molecular formula is C21H22N6OS. The molecule has 0 unspecified atom stereocenters. The first-order chi connectivity index (χ1) is 14.3. The average molecular weight is 407 g/mol. The number of carbonyl (C=O) groups is 1. The summed E-state index contributed by atoms with van der Waals surface area (Å²) in [6.45, 7) is 4.02. The van der Waals surface area contributed by atoms with Gasteiger partial charge in [-0.1, -0.05) is 42.5 Å². The Hall–Kier alpha value is -3.10. The second kappa shape index (κ2) is 9.40. The highest BCUT2D eigenvalue weighted by molar-refractivity contribution is 7.14. The van der Waals surface area contributed by atoms with Crippen LogP contribution in [-0.4, -0.2) is 63.4 Å². The number of carbonyl (C=O) groups excluding carboxylic acids is 1. The standard InChI is InChI=1S/C21H22N6OS/c28-19(18-16-29-21(24-18)25-20-22-9-5-10-23-20)27-14-12-26(13-15-27)11-4-8-17-6-2-1-3-7-17/h1-10,16H,11-15H2,(H,22,23,24,25)/b8-4+. The highest BCUT2D eigenvalue weighted by Crippen LogP contribution is 2.20. The normalized spacial score (nSPS) is 15.0. The molecule has 1 aliphatic heterocycles. The Morgan fingerprint density at radius 2 is 1.83 bits per heavy atom. The number of amides is 1. The molecule has 1 saturated heterocycles. The molecule has 8 heteroatoms. The van der Waals surface area contributed by atoms with E-state index in [1.165, 1.54) is 16.9 Å². The van der Waals surface area contributed by atoms with Crippen molar-refractivity contribution >= 4 is 34.4 Å². The molecule has 148 valence electrons. The lowest BCUT2D eigenvalue weighted by Gasteiger charge is -2.33. The average Bonchev–Trinajstić information content (AvgIpc) is 3.24. The van der Waals surface area contributed by atoms with E-state index in [9.17, 15) is 4.79 Å². The van der Waals surface area contributed by atoms with Gasteiger partial charge in [0.25, 0.3) is 5.91 Å². The summed E-state index contributed by atoms with van der Waals surface area (Å²) in [6.07, 6.45) is 7.63. The fourth-order valence-corrected chi connectivity index (χ4v) is 3.76. The van der Waals surface area contributed by atoms with Gasteiger partial charge in [0.2, 0.25) is 5.95 Å². The van der Waals surface area contributed by atoms with Gasteiger partial charge in [-0.2, -0.15) is 0 Å². The molecule has 2 aromatic heterocycles. The van der Waals surface area contributed by atoms with E-state index in [0.29, 0.717) is 29.9 Å². The van der Waals surface area contributed by atoms with Crippen LogP contribution in [0, 0.1) is 0 Å². The molecule has 1 amide bonds. The van der Waals surface area contributed by atoms with E-state index >= 15 is 0 Å². The molecule has 4 rings (SSSR count). The molecule has 0 aliphatic carbocycles. The lowest BCUT2D eigenvalue weighted by Crippen LogP contribution is -2.48. The van der Waals surface area contributed by atoms with E-state index in [4.69, 9.17) is 0 Å². The van der Waals surface area contributed by atoms with Gasteiger partial charge in [0.1, 0.15) is 5.69 Å². The topological polar surface area (TPSA) is 74.2 Å². The highest BCUT2D eigenvalue weighted by atomic mass is 32.1. The van der Waals surface area contributed by atoms with Crippen LogP contribution in [0.2, 0.25) is 0 Å². The maximum absolute atomic E-state index is 12.7. The molecule has 0 bridgehead atoms. The maximum atomic E-state index is 12.7. The molecule has 3 heterocycles. The van der Waals surface area contributed by atoms with Crippen LogP contribution < -0.4 is 5.32 Å². The third kappa shape index (κ3) is 5.24. The van der Waals surface area contributed by atoms with E-state index in [1.54, 1.807) is 23.8 Å². The Kier molecular flexibility index (Phi) is 6.23. The molecule has 0 saturated carbocycles. The van der Waals surface area contributed by atoms with Gasteiger partial charge in [-0.15, -0.1) is 11.3 Å². The zero-order valence-electron chi connectivity index (χ0n) is 15.9. The van der Waals surface area contributed by atoms with Gasteiger partial charge in [0.15, 0.2) is 5.13 Å². The summed E-state index contributed by atoms with van der Waals surface area (Å²) in [6, 6.07) is 12.0. The predicted molar refractivity (Wildman–Crippen MR) is 115 cm³/mol. The largest absolute Gasteiger partial charge is 0.335 e. The summed E-state index contributed by atoms with van der Waals surface area (Å²) in [7, 11) is 0. The van der Waals surface area contributed by atoms with Gasteiger partial charge < -0.3 is 10.2 Å². The van der Waals surface area contributed by atoms with Crippen LogP contribution >= 0.6 is 11.3 Å². The molecule has 7 nitrogen and oxygen atoms in total. The maximum Gasteiger partial charge on any atom is 0.273 e. The Balaban J connectivity index is 1.26. The summed E-state index contributed by atoms with van der Waals surface area (Å²) in [5.41, 5.74) is 1.67. The van der Waals surface area contributed by atoms with Crippen molar-refractivity contribution < 1.29 is 4.79 Å². The number of rotatable bonds is 6. The lowest BCUT2D eigenvalue weighted by molar-refractivity contribution is 0.0645. The van der Waals surface area contributed by atoms with Crippen LogP contribution in [-0.2, 0) is 0 Å². The van der Waals surface area contributed by atoms with Crippen molar-refractivity contribution in [2.75, 3.05) is 38.0 Å². The van der Waals surface area contributed by atoms with E-state index in [1.807, 2.05) is 23.1 Å². The highest BCUT2D eigenvalue weighted by Gasteiger charge is 2.23. The SMILES string of the molecule is O=C(c1csc(Nc2ncccn2)n1)N1CCN(C/C=C/c2ccccc2)CC1. The van der Waals surface area contributed by atoms with Crippen molar-refractivity contribution in [1.29, 1.82) is 0 Å². The number of piperazine rings is 1. The van der Waals surface area contributed by atoms with Gasteiger partial charge in [0, 0.05) is 50.5 Å². The van der Waals surface area contributed by atoms with E-state index < -0.39 is 0 Å². The molecule has 29 heavy (non-hydrogen) atoms. The first kappa shape index (κ1) is 19.2. The molecule has 0 radical (unpaired) electrons. The first-order valence-electron chi connectivity index (χ1n) is 9.51. The second-order valence-electron chi connectivity index (χ2n) is 6.64. The Morgan fingerprint density at radius 3 is 2.59 bits per heavy atom. The molecule has 0 spiro atoms. The van der Waals surface area contributed by atoms with Crippen LogP contribution in [0.3, 0.4) is 0 Å². The molecular weight excluding hydrogens is 384 g/mol. The molecule has 1 aromatic carbocycles. The van der Waals surface area contributed by atoms with Crippen LogP contribution in [0.1, 0.15) is 16.1 Å². The van der Waals surface area contributed by atoms with Gasteiger partial charge in [-0.3, -0.25) is 9.69 Å². The molecule has 0 atom stereocenters. The molecule has 1 fully saturated rings. The smallest absolute Gasteiger partial charge is 0.273 e. The quantitative estimate of drug-likeness (QED) is 0.678. The summed E-state index contributed by atoms with van der Waals surface area (Å²) in [4.78, 5) is 29.6. The van der Waals surface area contributed by atoms with E-state index in [-0.39, 0.29) is 5.91 Å². The third-order valence-corrected chi connectivity index (χ3v) is 5.40. The number of nitrogens with zero attached hydrogens (tertiary/aromatic N) is 5. The predicted octanol–water partition coefficient (Wildman–Crippen LogP) is 3.15. The van der Waals surface area contributed by atoms with Gasteiger partial charge in [-0.05, 0) is 11.6 Å². The van der Waals surface area contributed by atoms with Crippen molar-refractivity contribution in [3.8, 4) is 0 Å². The Bertz CT molecular complexity index is 952. The summed E-state index contributed by atoms with van der Waals surface area (Å²) in [5.74, 6) is 0.445. The number of hydrogen-bond donors (Lipinski definition) is 1. The third-order valence-electron chi connectivity index (χ3n) is 4.64. The first-order valence-corrected chi connectivity index (χ1v) is 10.4. The number of nitrogens with one attached hydrogen (secondary N) is 1. The molecule has 3 aromatic rings. The van der Waals surface area contributed by atoms with Crippen LogP contribution in [0.5, 0.6) is 0 Å². The van der Waals surface area contributed by atoms with Crippen molar-refractivity contribution in [3.63, 3.8) is 0 Å². The molecule has 1 aliphatic rings. The van der Waals surface area contributed by atoms with Gasteiger partial charge >= 0.3 is 0 Å². The van der Waals surface area contributed by atoms with E-state index in [2.05, 4.69) is 49.5 Å². The van der Waals surface area contributed by atoms with Crippen molar-refractivity contribution in [2.24, 2.45) is 0 Å². The zero-order chi connectivity index (χ0) is 19.9. The summed E-state index contributed by atoms with van der Waals surface area (Å²) in [5, 5.41) is 5.42. The monoisotopic (exact) mass is 406 g/mol. The second-order valence-corrected chi connectivity index (χ2v) is 7.50. The minimum atomic E-state index is -0.0252. The number of anilines is 2. The number of benzene rings is 1. The van der Waals surface area contributed by atoms with Gasteiger partial charge in [-0.25, -0.2) is 15.0 Å². The lowest BCUT2D eigenvalue weighted by atomic mass is 10.2. The minimum absolute atomic E-state index is 0.0252. The van der Waals surface area contributed by atoms with Crippen LogP contribution in [0.15, 0.2) is 60.2 Å². The van der Waals surface area contributed by atoms with E-state index in [0.717, 1.165) is 19.6 Å².